The molecule has 0 aliphatic heterocycles. The number of nitrogens with zero attached hydrogens (tertiary/aromatic N) is 5. The number of ether oxygens (including phenoxy) is 1. The van der Waals surface area contributed by atoms with E-state index >= 15 is 0 Å². The number of rotatable bonds is 5. The van der Waals surface area contributed by atoms with E-state index in [2.05, 4.69) is 15.3 Å². The number of hydrogen-bond donors (Lipinski definition) is 0. The van der Waals surface area contributed by atoms with Gasteiger partial charge in [0.2, 0.25) is 5.88 Å². The van der Waals surface area contributed by atoms with Gasteiger partial charge in [-0.15, -0.1) is 10.2 Å². The van der Waals surface area contributed by atoms with Crippen LogP contribution in [0.1, 0.15) is 21.8 Å². The second kappa shape index (κ2) is 7.09. The molecule has 0 saturated heterocycles. The molecule has 1 amide bonds. The lowest BCUT2D eigenvalue weighted by Crippen LogP contribution is -2.28. The van der Waals surface area contributed by atoms with Crippen LogP contribution >= 0.6 is 0 Å². The first-order valence-corrected chi connectivity index (χ1v) is 7.62. The molecule has 0 bridgehead atoms. The molecule has 3 aromatic heterocycles. The number of methoxy groups -OCH3 is 1. The van der Waals surface area contributed by atoms with E-state index in [-0.39, 0.29) is 18.2 Å². The Morgan fingerprint density at radius 2 is 2.07 bits per heavy atom. The summed E-state index contributed by atoms with van der Waals surface area (Å²) in [4.78, 5) is 13.7. The van der Waals surface area contributed by atoms with Crippen molar-refractivity contribution in [3.05, 3.63) is 53.7 Å². The summed E-state index contributed by atoms with van der Waals surface area (Å²) in [6.07, 6.45) is -2.57. The summed E-state index contributed by atoms with van der Waals surface area (Å²) in [5.41, 5.74) is -1.84. The maximum Gasteiger partial charge on any atom is 0.434 e. The zero-order chi connectivity index (χ0) is 19.6. The van der Waals surface area contributed by atoms with Crippen molar-refractivity contribution in [2.75, 3.05) is 14.2 Å². The first-order chi connectivity index (χ1) is 12.8. The molecule has 0 atom stereocenters. The number of aromatic nitrogens is 4. The van der Waals surface area contributed by atoms with Crippen molar-refractivity contribution in [1.82, 2.24) is 24.9 Å². The Morgan fingerprint density at radius 3 is 2.63 bits per heavy atom. The van der Waals surface area contributed by atoms with Gasteiger partial charge in [0.1, 0.15) is 5.76 Å². The van der Waals surface area contributed by atoms with Gasteiger partial charge in [-0.05, 0) is 18.2 Å². The fourth-order valence-electron chi connectivity index (χ4n) is 2.40. The van der Waals surface area contributed by atoms with Crippen LogP contribution in [0.25, 0.3) is 5.82 Å². The topological polar surface area (TPSA) is 86.3 Å². The minimum Gasteiger partial charge on any atom is -0.480 e. The fraction of sp³-hybridized carbons (Fsp3) is 0.250. The minimum absolute atomic E-state index is 0.0106. The second-order valence-corrected chi connectivity index (χ2v) is 5.49. The molecule has 0 N–H and O–H groups in total. The molecule has 0 spiro atoms. The number of hydrogen-bond acceptors (Lipinski definition) is 6. The van der Waals surface area contributed by atoms with Gasteiger partial charge in [0, 0.05) is 13.1 Å². The van der Waals surface area contributed by atoms with Crippen LogP contribution in [0.5, 0.6) is 5.88 Å². The van der Waals surface area contributed by atoms with Crippen LogP contribution in [0, 0.1) is 0 Å². The smallest absolute Gasteiger partial charge is 0.434 e. The Hall–Kier alpha value is -3.37. The van der Waals surface area contributed by atoms with Gasteiger partial charge in [-0.25, -0.2) is 4.68 Å². The zero-order valence-corrected chi connectivity index (χ0v) is 14.3. The van der Waals surface area contributed by atoms with Gasteiger partial charge in [-0.3, -0.25) is 4.79 Å². The monoisotopic (exact) mass is 381 g/mol. The number of carbonyl (C=O) groups is 1. The van der Waals surface area contributed by atoms with Gasteiger partial charge in [0.25, 0.3) is 5.91 Å². The minimum atomic E-state index is -4.84. The highest BCUT2D eigenvalue weighted by atomic mass is 19.4. The summed E-state index contributed by atoms with van der Waals surface area (Å²) in [5.74, 6) is -0.482. The van der Waals surface area contributed by atoms with Gasteiger partial charge in [0.05, 0.1) is 31.7 Å². The first kappa shape index (κ1) is 18.4. The van der Waals surface area contributed by atoms with Crippen molar-refractivity contribution in [3.63, 3.8) is 0 Å². The van der Waals surface area contributed by atoms with Gasteiger partial charge in [-0.1, -0.05) is 0 Å². The van der Waals surface area contributed by atoms with Crippen LogP contribution in [-0.4, -0.2) is 44.9 Å². The number of furan rings is 1. The van der Waals surface area contributed by atoms with Crippen molar-refractivity contribution >= 4 is 5.91 Å². The summed E-state index contributed by atoms with van der Waals surface area (Å²) < 4.78 is 51.4. The van der Waals surface area contributed by atoms with Crippen molar-refractivity contribution < 1.29 is 27.1 Å². The Balaban J connectivity index is 1.98. The summed E-state index contributed by atoms with van der Waals surface area (Å²) in [5, 5.41) is 11.0. The molecule has 0 fully saturated rings. The van der Waals surface area contributed by atoms with Crippen LogP contribution in [0.4, 0.5) is 13.2 Å². The van der Waals surface area contributed by atoms with E-state index in [1.54, 1.807) is 12.1 Å². The van der Waals surface area contributed by atoms with E-state index in [1.165, 1.54) is 32.6 Å². The lowest BCUT2D eigenvalue weighted by Gasteiger charge is -2.17. The average molecular weight is 381 g/mol. The maximum absolute atomic E-state index is 13.7. The van der Waals surface area contributed by atoms with Gasteiger partial charge >= 0.3 is 6.18 Å². The van der Waals surface area contributed by atoms with Crippen LogP contribution < -0.4 is 4.74 Å². The van der Waals surface area contributed by atoms with Crippen molar-refractivity contribution in [2.45, 2.75) is 12.7 Å². The lowest BCUT2D eigenvalue weighted by atomic mass is 10.2. The van der Waals surface area contributed by atoms with E-state index in [0.717, 1.165) is 11.1 Å². The van der Waals surface area contributed by atoms with E-state index in [9.17, 15) is 18.0 Å². The SMILES string of the molecule is COc1ccc(-n2ncc(C(=O)N(C)Cc3ccco3)c2C(F)(F)F)nn1. The third kappa shape index (κ3) is 3.76. The molecular weight excluding hydrogens is 367 g/mol. The van der Waals surface area contributed by atoms with Gasteiger partial charge in [0.15, 0.2) is 11.5 Å². The highest BCUT2D eigenvalue weighted by Gasteiger charge is 2.41. The van der Waals surface area contributed by atoms with Crippen LogP contribution in [-0.2, 0) is 12.7 Å². The Bertz CT molecular complexity index is 920. The highest BCUT2D eigenvalue weighted by Crippen LogP contribution is 2.34. The van der Waals surface area contributed by atoms with Crippen molar-refractivity contribution in [3.8, 4) is 11.7 Å². The molecule has 8 nitrogen and oxygen atoms in total. The standard InChI is InChI=1S/C16H14F3N5O3/c1-23(9-10-4-3-7-27-10)15(25)11-8-20-24(14(11)16(17,18)19)12-5-6-13(26-2)22-21-12/h3-8H,9H2,1-2H3. The molecule has 11 heteroatoms. The molecule has 0 aromatic carbocycles. The number of halogens is 3. The van der Waals surface area contributed by atoms with Crippen molar-refractivity contribution in [2.24, 2.45) is 0 Å². The molecule has 0 unspecified atom stereocenters. The molecule has 3 rings (SSSR count). The van der Waals surface area contributed by atoms with Gasteiger partial charge < -0.3 is 14.1 Å². The molecule has 27 heavy (non-hydrogen) atoms. The molecular formula is C16H14F3N5O3. The zero-order valence-electron chi connectivity index (χ0n) is 14.3. The van der Waals surface area contributed by atoms with Crippen molar-refractivity contribution in [1.29, 1.82) is 0 Å². The summed E-state index contributed by atoms with van der Waals surface area (Å²) in [6.45, 7) is 0.0106. The third-order valence-electron chi connectivity index (χ3n) is 3.64. The second-order valence-electron chi connectivity index (χ2n) is 5.49. The first-order valence-electron chi connectivity index (χ1n) is 7.62. The molecule has 0 aliphatic carbocycles. The van der Waals surface area contributed by atoms with Crippen LogP contribution in [0.3, 0.4) is 0 Å². The third-order valence-corrected chi connectivity index (χ3v) is 3.64. The van der Waals surface area contributed by atoms with Crippen LogP contribution in [0.15, 0.2) is 41.1 Å². The van der Waals surface area contributed by atoms with E-state index in [1.807, 2.05) is 0 Å². The summed E-state index contributed by atoms with van der Waals surface area (Å²) in [6, 6.07) is 5.84. The molecule has 142 valence electrons. The largest absolute Gasteiger partial charge is 0.480 e. The highest BCUT2D eigenvalue weighted by molar-refractivity contribution is 5.95. The number of alkyl halides is 3. The maximum atomic E-state index is 13.7. The van der Waals surface area contributed by atoms with E-state index < -0.39 is 23.3 Å². The number of carbonyl (C=O) groups excluding carboxylic acids is 1. The Morgan fingerprint density at radius 1 is 1.30 bits per heavy atom. The molecule has 0 saturated carbocycles. The predicted octanol–water partition coefficient (Wildman–Crippen LogP) is 2.55. The molecule has 0 radical (unpaired) electrons. The average Bonchev–Trinajstić information content (AvgIpc) is 3.30. The van der Waals surface area contributed by atoms with E-state index in [4.69, 9.17) is 9.15 Å². The summed E-state index contributed by atoms with van der Waals surface area (Å²) >= 11 is 0. The van der Waals surface area contributed by atoms with E-state index in [0.29, 0.717) is 10.4 Å². The predicted molar refractivity (Wildman–Crippen MR) is 85.2 cm³/mol. The normalized spacial score (nSPS) is 11.4. The fourth-order valence-corrected chi connectivity index (χ4v) is 2.40. The Kier molecular flexibility index (Phi) is 4.84. The quantitative estimate of drug-likeness (QED) is 0.675. The Labute approximate surface area is 151 Å². The molecule has 3 heterocycles. The molecule has 0 aliphatic rings. The van der Waals surface area contributed by atoms with Gasteiger partial charge in [-0.2, -0.15) is 18.3 Å². The molecule has 3 aromatic rings. The number of amides is 1. The summed E-state index contributed by atoms with van der Waals surface area (Å²) in [7, 11) is 2.72. The lowest BCUT2D eigenvalue weighted by molar-refractivity contribution is -0.143. The van der Waals surface area contributed by atoms with Crippen LogP contribution in [0.2, 0.25) is 0 Å².